The molecule has 0 saturated carbocycles. The van der Waals surface area contributed by atoms with Gasteiger partial charge in [0.15, 0.2) is 0 Å². The first kappa shape index (κ1) is 93.3. The van der Waals surface area contributed by atoms with Crippen LogP contribution in [-0.2, 0) is 51.2 Å². The van der Waals surface area contributed by atoms with E-state index in [4.69, 9.17) is 12.8 Å². The summed E-state index contributed by atoms with van der Waals surface area (Å²) in [5.74, 6) is 8.27. The Bertz CT molecular complexity index is 3390. The number of hydrogen-bond acceptors (Lipinski definition) is 0. The molecule has 0 saturated heterocycles. The van der Waals surface area contributed by atoms with Gasteiger partial charge in [0.25, 0.3) is 0 Å². The van der Waals surface area contributed by atoms with Crippen LogP contribution in [0.1, 0.15) is 78.1 Å². The van der Waals surface area contributed by atoms with Crippen LogP contribution in [0.4, 0.5) is 25.2 Å². The van der Waals surface area contributed by atoms with Gasteiger partial charge in [0.05, 0.1) is 0 Å². The Hall–Kier alpha value is -6.09. The summed E-state index contributed by atoms with van der Waals surface area (Å²) >= 11 is 0. The molecule has 0 aliphatic rings. The van der Waals surface area contributed by atoms with Gasteiger partial charge in [-0.25, -0.2) is 0 Å². The first-order valence-electron chi connectivity index (χ1n) is 35.1. The van der Waals surface area contributed by atoms with Gasteiger partial charge < -0.3 is 24.7 Å². The third-order valence-electron chi connectivity index (χ3n) is 16.0. The second kappa shape index (κ2) is 51.4. The maximum atomic E-state index is 9.87. The summed E-state index contributed by atoms with van der Waals surface area (Å²) in [7, 11) is -13.1. The molecule has 0 unspecified atom stereocenters. The van der Waals surface area contributed by atoms with Gasteiger partial charge in [-0.05, 0) is 137 Å². The quantitative estimate of drug-likeness (QED) is 0.0127. The smallest absolute Gasteiger partial charge is 0.694 e. The number of benzene rings is 12. The Morgan fingerprint density at radius 1 is 0.215 bits per heavy atom. The van der Waals surface area contributed by atoms with Gasteiger partial charge in [0.1, 0.15) is 0 Å². The number of halogens is 6. The van der Waals surface area contributed by atoms with Gasteiger partial charge in [0.2, 0.25) is 0 Å². The van der Waals surface area contributed by atoms with Gasteiger partial charge in [-0.1, -0.05) is 416 Å². The van der Waals surface area contributed by atoms with Crippen LogP contribution in [0.2, 0.25) is 0 Å². The molecule has 0 amide bonds. The molecule has 107 heavy (non-hydrogen) atoms. The zero-order chi connectivity index (χ0) is 73.8. The van der Waals surface area contributed by atoms with Gasteiger partial charge in [-0.15, -0.1) is 0 Å². The molecule has 12 rings (SSSR count). The number of hydrogen-bond donors (Lipinski definition) is 0. The molecule has 0 bridgehead atoms. The molecule has 566 valence electrons. The maximum absolute atomic E-state index is 10.7. The SMILES string of the molecule is F[P-](F)(F)(F)(F)F.[C-]#CCCCCCC.[C-]#CCCCCCC.[Cu+].[Cu+].[Cu+].c1ccc(P(CP(c2ccccc2)c2ccccc2)c2ccccc2)cc1.c1ccc(P(CP(c2ccccc2)c2ccccc2)c2ccccc2)cc1.c1ccc(P(CP(c2ccccc2)c2ccccc2)c2ccccc2)cc1. The van der Waals surface area contributed by atoms with E-state index >= 15 is 0 Å². The van der Waals surface area contributed by atoms with E-state index in [-0.39, 0.29) is 51.2 Å². The number of unbranched alkanes of at least 4 members (excludes halogenated alkanes) is 8. The molecule has 0 fully saturated rings. The van der Waals surface area contributed by atoms with Crippen LogP contribution in [0, 0.1) is 24.7 Å². The van der Waals surface area contributed by atoms with E-state index in [0.717, 1.165) is 25.7 Å². The van der Waals surface area contributed by atoms with Gasteiger partial charge in [0, 0.05) is 17.7 Å². The van der Waals surface area contributed by atoms with Crippen LogP contribution in [0.25, 0.3) is 0 Å². The van der Waals surface area contributed by atoms with Crippen LogP contribution in [0.5, 0.6) is 0 Å². The van der Waals surface area contributed by atoms with Crippen molar-refractivity contribution in [3.63, 3.8) is 0 Å². The summed E-state index contributed by atoms with van der Waals surface area (Å²) in [5.41, 5.74) is 0. The summed E-state index contributed by atoms with van der Waals surface area (Å²) in [6.45, 7) is 4.38. The average Bonchev–Trinajstić information content (AvgIpc) is 0.791. The molecule has 0 radical (unpaired) electrons. The van der Waals surface area contributed by atoms with Crippen molar-refractivity contribution >= 4 is 119 Å². The van der Waals surface area contributed by atoms with E-state index < -0.39 is 55.3 Å². The zero-order valence-electron chi connectivity index (χ0n) is 60.1. The summed E-state index contributed by atoms with van der Waals surface area (Å²) in [5, 5.41) is 17.5. The predicted molar refractivity (Wildman–Crippen MR) is 454 cm³/mol. The Balaban J connectivity index is 0.000000292. The molecule has 12 aromatic carbocycles. The topological polar surface area (TPSA) is 0 Å². The van der Waals surface area contributed by atoms with Crippen molar-refractivity contribution in [2.45, 2.75) is 78.1 Å². The largest absolute Gasteiger partial charge is 1.00 e. The second-order valence-electron chi connectivity index (χ2n) is 24.0. The average molecular weight is 1710 g/mol. The zero-order valence-corrected chi connectivity index (χ0v) is 69.2. The summed E-state index contributed by atoms with van der Waals surface area (Å²) in [4.78, 5) is 0. The van der Waals surface area contributed by atoms with Crippen molar-refractivity contribution in [2.24, 2.45) is 0 Å². The van der Waals surface area contributed by atoms with Crippen molar-refractivity contribution < 1.29 is 76.4 Å². The van der Waals surface area contributed by atoms with Crippen LogP contribution >= 0.6 is 55.3 Å². The summed E-state index contributed by atoms with van der Waals surface area (Å²) in [6.07, 6.45) is 24.9. The molecule has 0 nitrogen and oxygen atoms in total. The molecule has 0 N–H and O–H groups in total. The van der Waals surface area contributed by atoms with Gasteiger partial charge in [-0.3, -0.25) is 0 Å². The fourth-order valence-electron chi connectivity index (χ4n) is 10.9. The number of rotatable bonds is 26. The summed E-state index contributed by atoms with van der Waals surface area (Å²) in [6, 6.07) is 132. The summed E-state index contributed by atoms with van der Waals surface area (Å²) < 4.78 is 59.2. The van der Waals surface area contributed by atoms with Crippen molar-refractivity contribution in [2.75, 3.05) is 17.7 Å². The molecule has 0 aromatic heterocycles. The molecule has 0 spiro atoms. The second-order valence-corrected chi connectivity index (χ2v) is 40.6. The van der Waals surface area contributed by atoms with E-state index in [9.17, 15) is 25.2 Å². The first-order chi connectivity index (χ1) is 50.5. The Labute approximate surface area is 674 Å². The van der Waals surface area contributed by atoms with Crippen LogP contribution in [0.3, 0.4) is 0 Å². The van der Waals surface area contributed by atoms with E-state index in [1.165, 1.54) is 120 Å². The molecule has 12 aromatic rings. The molecule has 0 aliphatic heterocycles. The van der Waals surface area contributed by atoms with Crippen molar-refractivity contribution in [1.82, 2.24) is 0 Å². The molecular weight excluding hydrogens is 1610 g/mol. The molecule has 16 heteroatoms. The monoisotopic (exact) mass is 1700 g/mol. The van der Waals surface area contributed by atoms with Crippen LogP contribution < -0.4 is 63.7 Å². The molecule has 0 heterocycles. The first-order valence-corrected chi connectivity index (χ1v) is 46.3. The fourth-order valence-corrected chi connectivity index (χ4v) is 30.3. The fraction of sp³-hybridized carbons (Fsp3) is 0.165. The standard InChI is InChI=1S/3C25H22P2.2C8H13.3Cu.F6P/c3*1-5-13-22(14-6-1)26(23-15-7-2-8-16-23)21-27(24-17-9-3-10-18-24)25-19-11-4-12-20-25;2*1-3-5-7-8-6-4-2;;;;1-7(2,3,4,5)6/h3*1-20H,21H2;2*3,5-8H2,1H3;;;;/q;;;2*-1;3*+1;-1. The van der Waals surface area contributed by atoms with E-state index in [2.05, 4.69) is 390 Å². The van der Waals surface area contributed by atoms with Crippen molar-refractivity contribution in [3.05, 3.63) is 377 Å². The van der Waals surface area contributed by atoms with Crippen LogP contribution in [-0.4, -0.2) is 17.7 Å². The molecular formula is C91H92Cu3F6P7. The Kier molecular flexibility index (Phi) is 44.8. The minimum Gasteiger partial charge on any atom is -0.694 e. The Morgan fingerprint density at radius 2 is 0.327 bits per heavy atom. The minimum atomic E-state index is -10.7. The molecule has 0 aliphatic carbocycles. The third kappa shape index (κ3) is 37.5. The van der Waals surface area contributed by atoms with E-state index in [1.807, 2.05) is 0 Å². The Morgan fingerprint density at radius 3 is 0.421 bits per heavy atom. The van der Waals surface area contributed by atoms with Crippen LogP contribution in [0.15, 0.2) is 364 Å². The van der Waals surface area contributed by atoms with Crippen molar-refractivity contribution in [1.29, 1.82) is 0 Å². The maximum Gasteiger partial charge on any atom is 1.00 e. The minimum absolute atomic E-state index is 0. The third-order valence-corrected chi connectivity index (χ3v) is 33.8. The van der Waals surface area contributed by atoms with Gasteiger partial charge >= 0.3 is 84.2 Å². The van der Waals surface area contributed by atoms with E-state index in [1.54, 1.807) is 0 Å². The predicted octanol–water partition coefficient (Wildman–Crippen LogP) is 24.1. The normalized spacial score (nSPS) is 11.1. The van der Waals surface area contributed by atoms with E-state index in [0.29, 0.717) is 0 Å². The molecule has 0 atom stereocenters. The van der Waals surface area contributed by atoms with Crippen molar-refractivity contribution in [3.8, 4) is 11.8 Å². The van der Waals surface area contributed by atoms with Gasteiger partial charge in [-0.2, -0.15) is 0 Å².